The summed E-state index contributed by atoms with van der Waals surface area (Å²) in [5, 5.41) is 20.9. The van der Waals surface area contributed by atoms with Gasteiger partial charge in [0.25, 0.3) is 5.91 Å². The fraction of sp³-hybridized carbons (Fsp3) is 0. The lowest BCUT2D eigenvalue weighted by Gasteiger charge is -2.07. The van der Waals surface area contributed by atoms with Gasteiger partial charge in [0.05, 0.1) is 0 Å². The van der Waals surface area contributed by atoms with E-state index < -0.39 is 11.7 Å². The van der Waals surface area contributed by atoms with Crippen molar-refractivity contribution in [2.45, 2.75) is 0 Å². The van der Waals surface area contributed by atoms with Crippen LogP contribution in [0.5, 0.6) is 5.75 Å². The van der Waals surface area contributed by atoms with Crippen molar-refractivity contribution in [2.24, 2.45) is 0 Å². The number of carboxylic acids is 1. The Bertz CT molecular complexity index is 685. The van der Waals surface area contributed by atoms with E-state index in [4.69, 9.17) is 5.11 Å². The molecule has 3 N–H and O–H groups in total. The average Bonchev–Trinajstić information content (AvgIpc) is 2.38. The molecule has 0 radical (unpaired) electrons. The van der Waals surface area contributed by atoms with Crippen LogP contribution in [0, 0.1) is 0 Å². The van der Waals surface area contributed by atoms with Gasteiger partial charge in [0.15, 0.2) is 0 Å². The first kappa shape index (κ1) is 14.1. The average molecular weight is 336 g/mol. The summed E-state index contributed by atoms with van der Waals surface area (Å²) in [7, 11) is 0. The van der Waals surface area contributed by atoms with Crippen LogP contribution in [0.4, 0.5) is 5.69 Å². The number of aromatic hydroxyl groups is 1. The van der Waals surface area contributed by atoms with Gasteiger partial charge in [-0.05, 0) is 30.3 Å². The van der Waals surface area contributed by atoms with Crippen LogP contribution in [0.1, 0.15) is 20.7 Å². The van der Waals surface area contributed by atoms with Gasteiger partial charge < -0.3 is 15.5 Å². The molecule has 2 aromatic carbocycles. The Morgan fingerprint density at radius 2 is 1.85 bits per heavy atom. The van der Waals surface area contributed by atoms with E-state index in [1.807, 2.05) is 0 Å². The molecule has 0 spiro atoms. The summed E-state index contributed by atoms with van der Waals surface area (Å²) < 4.78 is 0.772. The van der Waals surface area contributed by atoms with Crippen LogP contribution in [-0.4, -0.2) is 22.1 Å². The summed E-state index contributed by atoms with van der Waals surface area (Å²) in [5.74, 6) is -1.98. The molecule has 20 heavy (non-hydrogen) atoms. The lowest BCUT2D eigenvalue weighted by molar-refractivity contribution is 0.0693. The number of aromatic carboxylic acids is 1. The van der Waals surface area contributed by atoms with Crippen LogP contribution in [0.3, 0.4) is 0 Å². The zero-order valence-electron chi connectivity index (χ0n) is 10.1. The first-order valence-electron chi connectivity index (χ1n) is 5.60. The minimum Gasteiger partial charge on any atom is -0.507 e. The third kappa shape index (κ3) is 3.16. The molecule has 0 saturated heterocycles. The van der Waals surface area contributed by atoms with Crippen LogP contribution in [0.25, 0.3) is 0 Å². The van der Waals surface area contributed by atoms with E-state index in [2.05, 4.69) is 21.2 Å². The maximum absolute atomic E-state index is 12.0. The Morgan fingerprint density at radius 3 is 2.45 bits per heavy atom. The Kier molecular flexibility index (Phi) is 4.05. The predicted molar refractivity (Wildman–Crippen MR) is 77.2 cm³/mol. The predicted octanol–water partition coefficient (Wildman–Crippen LogP) is 3.11. The van der Waals surface area contributed by atoms with E-state index >= 15 is 0 Å². The first-order chi connectivity index (χ1) is 9.47. The second kappa shape index (κ2) is 5.75. The number of phenols is 1. The number of hydrogen-bond acceptors (Lipinski definition) is 3. The molecule has 6 heteroatoms. The van der Waals surface area contributed by atoms with Crippen molar-refractivity contribution < 1.29 is 19.8 Å². The molecule has 0 atom stereocenters. The zero-order chi connectivity index (χ0) is 14.7. The molecular weight excluding hydrogens is 326 g/mol. The van der Waals surface area contributed by atoms with Gasteiger partial charge in [-0.3, -0.25) is 4.79 Å². The Hall–Kier alpha value is -2.34. The number of carbonyl (C=O) groups excluding carboxylic acids is 1. The van der Waals surface area contributed by atoms with E-state index in [9.17, 15) is 14.7 Å². The number of rotatable bonds is 3. The topological polar surface area (TPSA) is 86.6 Å². The highest BCUT2D eigenvalue weighted by molar-refractivity contribution is 9.10. The van der Waals surface area contributed by atoms with Crippen molar-refractivity contribution in [3.8, 4) is 5.75 Å². The largest absolute Gasteiger partial charge is 0.507 e. The Morgan fingerprint density at radius 1 is 1.10 bits per heavy atom. The van der Waals surface area contributed by atoms with Crippen molar-refractivity contribution in [1.29, 1.82) is 0 Å². The van der Waals surface area contributed by atoms with E-state index in [1.165, 1.54) is 18.2 Å². The number of amides is 1. The molecule has 0 saturated carbocycles. The molecule has 2 rings (SSSR count). The van der Waals surface area contributed by atoms with Crippen molar-refractivity contribution in [3.05, 3.63) is 58.1 Å². The number of hydrogen-bond donors (Lipinski definition) is 3. The van der Waals surface area contributed by atoms with Gasteiger partial charge in [-0.2, -0.15) is 0 Å². The molecule has 102 valence electrons. The number of nitrogens with one attached hydrogen (secondary N) is 1. The van der Waals surface area contributed by atoms with Gasteiger partial charge in [-0.15, -0.1) is 0 Å². The lowest BCUT2D eigenvalue weighted by atomic mass is 10.1. The number of anilines is 1. The molecule has 5 nitrogen and oxygen atoms in total. The Balaban J connectivity index is 2.20. The van der Waals surface area contributed by atoms with E-state index in [-0.39, 0.29) is 11.5 Å². The summed E-state index contributed by atoms with van der Waals surface area (Å²) in [6.45, 7) is 0. The smallest absolute Gasteiger partial charge is 0.339 e. The molecule has 0 unspecified atom stereocenters. The maximum Gasteiger partial charge on any atom is 0.339 e. The maximum atomic E-state index is 12.0. The van der Waals surface area contributed by atoms with E-state index in [0.29, 0.717) is 11.3 Å². The quantitative estimate of drug-likeness (QED) is 0.804. The normalized spacial score (nSPS) is 10.1. The van der Waals surface area contributed by atoms with Crippen LogP contribution >= 0.6 is 15.9 Å². The fourth-order valence-electron chi connectivity index (χ4n) is 1.62. The molecule has 0 aliphatic rings. The van der Waals surface area contributed by atoms with E-state index in [0.717, 1.165) is 4.47 Å². The number of benzene rings is 2. The van der Waals surface area contributed by atoms with Crippen LogP contribution in [-0.2, 0) is 0 Å². The molecule has 0 heterocycles. The molecule has 0 bridgehead atoms. The van der Waals surface area contributed by atoms with Crippen LogP contribution < -0.4 is 5.32 Å². The number of halogens is 1. The van der Waals surface area contributed by atoms with Gasteiger partial charge in [-0.1, -0.05) is 22.0 Å². The van der Waals surface area contributed by atoms with Crippen LogP contribution in [0.15, 0.2) is 46.9 Å². The van der Waals surface area contributed by atoms with E-state index in [1.54, 1.807) is 24.3 Å². The second-order valence-corrected chi connectivity index (χ2v) is 4.92. The summed E-state index contributed by atoms with van der Waals surface area (Å²) in [6.07, 6.45) is 0. The highest BCUT2D eigenvalue weighted by atomic mass is 79.9. The summed E-state index contributed by atoms with van der Waals surface area (Å²) in [6, 6.07) is 10.7. The molecule has 0 aromatic heterocycles. The number of carbonyl (C=O) groups is 2. The van der Waals surface area contributed by atoms with Gasteiger partial charge in [-0.25, -0.2) is 4.79 Å². The van der Waals surface area contributed by atoms with Crippen molar-refractivity contribution >= 4 is 33.5 Å². The van der Waals surface area contributed by atoms with Crippen molar-refractivity contribution in [2.75, 3.05) is 5.32 Å². The molecule has 0 aliphatic carbocycles. The Labute approximate surface area is 123 Å². The summed E-state index contributed by atoms with van der Waals surface area (Å²) >= 11 is 3.27. The summed E-state index contributed by atoms with van der Waals surface area (Å²) in [5.41, 5.74) is 0.545. The fourth-order valence-corrected chi connectivity index (χ4v) is 2.02. The SMILES string of the molecule is O=C(Nc1ccc(C(=O)O)c(O)c1)c1cccc(Br)c1. The van der Waals surface area contributed by atoms with Gasteiger partial charge in [0, 0.05) is 21.8 Å². The van der Waals surface area contributed by atoms with Gasteiger partial charge >= 0.3 is 5.97 Å². The molecule has 2 aromatic rings. The molecular formula is C14H10BrNO4. The third-order valence-corrected chi connectivity index (χ3v) is 3.07. The monoisotopic (exact) mass is 335 g/mol. The van der Waals surface area contributed by atoms with Crippen molar-refractivity contribution in [3.63, 3.8) is 0 Å². The molecule has 1 amide bonds. The van der Waals surface area contributed by atoms with Crippen LogP contribution in [0.2, 0.25) is 0 Å². The minimum absolute atomic E-state index is 0.217. The summed E-state index contributed by atoms with van der Waals surface area (Å²) in [4.78, 5) is 22.7. The first-order valence-corrected chi connectivity index (χ1v) is 6.40. The van der Waals surface area contributed by atoms with Gasteiger partial charge in [0.1, 0.15) is 11.3 Å². The third-order valence-electron chi connectivity index (χ3n) is 2.57. The standard InChI is InChI=1S/C14H10BrNO4/c15-9-3-1-2-8(6-9)13(18)16-10-4-5-11(14(19)20)12(17)7-10/h1-7,17H,(H,16,18)(H,19,20). The lowest BCUT2D eigenvalue weighted by Crippen LogP contribution is -2.12. The second-order valence-electron chi connectivity index (χ2n) is 4.00. The van der Waals surface area contributed by atoms with Crippen molar-refractivity contribution in [1.82, 2.24) is 0 Å². The number of carboxylic acid groups (broad SMARTS) is 1. The minimum atomic E-state index is -1.23. The highest BCUT2D eigenvalue weighted by Crippen LogP contribution is 2.22. The zero-order valence-corrected chi connectivity index (χ0v) is 11.7. The van der Waals surface area contributed by atoms with Gasteiger partial charge in [0.2, 0.25) is 0 Å². The molecule has 0 fully saturated rings. The molecule has 0 aliphatic heterocycles. The highest BCUT2D eigenvalue weighted by Gasteiger charge is 2.11.